The summed E-state index contributed by atoms with van der Waals surface area (Å²) in [5, 5.41) is -0.303. The van der Waals surface area contributed by atoms with Crippen LogP contribution in [0.3, 0.4) is 0 Å². The number of carbonyl (C=O) groups excluding carboxylic acids is 2. The quantitative estimate of drug-likeness (QED) is 0.410. The highest BCUT2D eigenvalue weighted by Gasteiger charge is 2.51. The van der Waals surface area contributed by atoms with Crippen LogP contribution >= 0.6 is 11.6 Å². The van der Waals surface area contributed by atoms with Gasteiger partial charge in [-0.15, -0.1) is 0 Å². The largest absolute Gasteiger partial charge is 0.521 e. The molecular formula is C16H19ClF3N2O3+. The molecule has 0 fully saturated rings. The molecule has 0 aromatic carbocycles. The van der Waals surface area contributed by atoms with Gasteiger partial charge in [-0.2, -0.15) is 22.4 Å². The fraction of sp³-hybridized carbons (Fsp3) is 0.562. The van der Waals surface area contributed by atoms with Gasteiger partial charge in [0.25, 0.3) is 5.78 Å². The van der Waals surface area contributed by atoms with Crippen molar-refractivity contribution in [3.8, 4) is 0 Å². The Balaban J connectivity index is 2.54. The van der Waals surface area contributed by atoms with E-state index in [1.165, 1.54) is 0 Å². The van der Waals surface area contributed by atoms with Crippen molar-refractivity contribution in [3.05, 3.63) is 22.5 Å². The van der Waals surface area contributed by atoms with Gasteiger partial charge in [0.1, 0.15) is 17.8 Å². The van der Waals surface area contributed by atoms with Gasteiger partial charge in [-0.3, -0.25) is 4.79 Å². The van der Waals surface area contributed by atoms with Crippen LogP contribution in [0.5, 0.6) is 0 Å². The Hall–Kier alpha value is -1.67. The molecule has 0 bridgehead atoms. The third kappa shape index (κ3) is 3.64. The molecule has 1 aromatic rings. The van der Waals surface area contributed by atoms with Crippen LogP contribution in [0, 0.1) is 0 Å². The number of nitrogens with zero attached hydrogens (tertiary/aromatic N) is 2. The normalized spacial score (nSPS) is 23.3. The minimum Gasteiger partial charge on any atom is -0.414 e. The van der Waals surface area contributed by atoms with Gasteiger partial charge in [-0.1, -0.05) is 18.5 Å². The third-order valence-corrected chi connectivity index (χ3v) is 4.19. The van der Waals surface area contributed by atoms with Crippen LogP contribution in [0.25, 0.3) is 0 Å². The van der Waals surface area contributed by atoms with E-state index in [4.69, 9.17) is 16.3 Å². The second kappa shape index (κ2) is 5.95. The monoisotopic (exact) mass is 379 g/mol. The molecule has 9 heteroatoms. The third-order valence-electron chi connectivity index (χ3n) is 3.93. The number of likely N-dealkylation sites (N-methyl/N-ethyl adjacent to an activating group) is 1. The average Bonchev–Trinajstić information content (AvgIpc) is 2.68. The Morgan fingerprint density at radius 1 is 1.32 bits per heavy atom. The molecule has 0 spiro atoms. The lowest BCUT2D eigenvalue weighted by Gasteiger charge is -2.29. The molecule has 0 N–H and O–H groups in total. The zero-order valence-corrected chi connectivity index (χ0v) is 15.2. The molecule has 138 valence electrons. The van der Waals surface area contributed by atoms with Crippen molar-refractivity contribution in [1.29, 1.82) is 0 Å². The zero-order chi connectivity index (χ0) is 19.4. The van der Waals surface area contributed by atoms with E-state index in [9.17, 15) is 22.8 Å². The highest BCUT2D eigenvalue weighted by atomic mass is 35.5. The fourth-order valence-electron chi connectivity index (χ4n) is 2.92. The van der Waals surface area contributed by atoms with Gasteiger partial charge in [0.15, 0.2) is 10.8 Å². The first-order chi connectivity index (χ1) is 11.2. The van der Waals surface area contributed by atoms with Crippen LogP contribution in [-0.4, -0.2) is 42.2 Å². The van der Waals surface area contributed by atoms with Gasteiger partial charge in [0.05, 0.1) is 7.05 Å². The number of ketones is 1. The Bertz CT molecular complexity index is 743. The van der Waals surface area contributed by atoms with Crippen molar-refractivity contribution >= 4 is 29.2 Å². The minimum absolute atomic E-state index is 0.245. The van der Waals surface area contributed by atoms with E-state index in [0.29, 0.717) is 5.56 Å². The van der Waals surface area contributed by atoms with Crippen LogP contribution < -0.4 is 4.48 Å². The van der Waals surface area contributed by atoms with Crippen molar-refractivity contribution < 1.29 is 27.5 Å². The highest BCUT2D eigenvalue weighted by Crippen LogP contribution is 2.45. The molecule has 0 radical (unpaired) electrons. The lowest BCUT2D eigenvalue weighted by Crippen LogP contribution is -2.52. The Morgan fingerprint density at radius 3 is 2.36 bits per heavy atom. The number of amides is 1. The minimum atomic E-state index is -5.05. The predicted molar refractivity (Wildman–Crippen MR) is 86.9 cm³/mol. The maximum absolute atomic E-state index is 12.7. The summed E-state index contributed by atoms with van der Waals surface area (Å²) in [4.78, 5) is 27.7. The topological polar surface area (TPSA) is 56.3 Å². The average molecular weight is 380 g/mol. The van der Waals surface area contributed by atoms with Crippen LogP contribution in [0.2, 0.25) is 5.15 Å². The maximum atomic E-state index is 12.7. The van der Waals surface area contributed by atoms with Crippen LogP contribution in [-0.2, 0) is 4.74 Å². The number of pyridine rings is 1. The van der Waals surface area contributed by atoms with Crippen molar-refractivity contribution in [2.45, 2.75) is 45.4 Å². The molecule has 2 rings (SSSR count). The Kier molecular flexibility index (Phi) is 4.68. The molecule has 0 saturated carbocycles. The molecule has 2 unspecified atom stereocenters. The smallest absolute Gasteiger partial charge is 0.414 e. The van der Waals surface area contributed by atoms with E-state index >= 15 is 0 Å². The molecule has 25 heavy (non-hydrogen) atoms. The molecule has 0 aliphatic carbocycles. The molecule has 5 nitrogen and oxygen atoms in total. The number of halogens is 4. The first-order valence-electron chi connectivity index (χ1n) is 7.58. The molecule has 1 amide bonds. The summed E-state index contributed by atoms with van der Waals surface area (Å²) < 4.78 is 43.1. The summed E-state index contributed by atoms with van der Waals surface area (Å²) >= 11 is 6.08. The lowest BCUT2D eigenvalue weighted by molar-refractivity contribution is -0.0888. The van der Waals surface area contributed by atoms with E-state index < -0.39 is 29.3 Å². The number of hydrogen-bond donors (Lipinski definition) is 0. The molecular weight excluding hydrogens is 361 g/mol. The summed E-state index contributed by atoms with van der Waals surface area (Å²) in [6.07, 6.45) is -5.63. The first-order valence-corrected chi connectivity index (χ1v) is 7.96. The summed E-state index contributed by atoms with van der Waals surface area (Å²) in [6.45, 7) is 7.12. The van der Waals surface area contributed by atoms with Gasteiger partial charge in [0.2, 0.25) is 0 Å². The predicted octanol–water partition coefficient (Wildman–Crippen LogP) is 4.47. The second-order valence-corrected chi connectivity index (χ2v) is 7.68. The number of aromatic nitrogens is 1. The molecule has 1 aromatic heterocycles. The second-order valence-electron chi connectivity index (χ2n) is 7.32. The number of quaternary nitrogens is 1. The first kappa shape index (κ1) is 19.7. The van der Waals surface area contributed by atoms with Crippen LogP contribution in [0.15, 0.2) is 6.07 Å². The molecule has 2 atom stereocenters. The number of alkyl halides is 3. The van der Waals surface area contributed by atoms with Gasteiger partial charge >= 0.3 is 12.3 Å². The van der Waals surface area contributed by atoms with E-state index in [1.54, 1.807) is 34.7 Å². The molecule has 2 heterocycles. The number of fused-ring (bicyclic) bond motifs is 1. The standard InChI is InChI=1S/C16H19ClF3N2O3/c1-8-7-22(5,14(24)25-15(2,3)4)11-9(8)6-10(21-13(11)17)12(23)16(18,19)20/h6,8H,7H2,1-5H3/q+1. The Morgan fingerprint density at radius 2 is 1.88 bits per heavy atom. The van der Waals surface area contributed by atoms with Crippen molar-refractivity contribution in [2.24, 2.45) is 0 Å². The number of hydrogen-bond acceptors (Lipinski definition) is 4. The van der Waals surface area contributed by atoms with Gasteiger partial charge in [0, 0.05) is 11.5 Å². The van der Waals surface area contributed by atoms with E-state index in [2.05, 4.69) is 4.98 Å². The lowest BCUT2D eigenvalue weighted by atomic mass is 10.0. The van der Waals surface area contributed by atoms with E-state index in [-0.39, 0.29) is 27.8 Å². The highest BCUT2D eigenvalue weighted by molar-refractivity contribution is 6.32. The van der Waals surface area contributed by atoms with Crippen molar-refractivity contribution in [3.63, 3.8) is 0 Å². The number of ether oxygens (including phenoxy) is 1. The van der Waals surface area contributed by atoms with E-state index in [0.717, 1.165) is 6.07 Å². The maximum Gasteiger partial charge on any atom is 0.521 e. The van der Waals surface area contributed by atoms with Crippen LogP contribution in [0.4, 0.5) is 23.7 Å². The summed E-state index contributed by atoms with van der Waals surface area (Å²) in [5.41, 5.74) is -0.861. The SMILES string of the molecule is CC1C[N+](C)(C(=O)OC(C)(C)C)c2c1cc(C(=O)C(F)(F)F)nc2Cl. The van der Waals surface area contributed by atoms with Crippen molar-refractivity contribution in [1.82, 2.24) is 9.47 Å². The molecule has 1 aliphatic rings. The summed E-state index contributed by atoms with van der Waals surface area (Å²) in [5.74, 6) is -2.37. The summed E-state index contributed by atoms with van der Waals surface area (Å²) in [7, 11) is 1.56. The zero-order valence-electron chi connectivity index (χ0n) is 14.5. The van der Waals surface area contributed by atoms with Gasteiger partial charge in [-0.05, 0) is 26.8 Å². The van der Waals surface area contributed by atoms with Gasteiger partial charge in [-0.25, -0.2) is 4.98 Å². The number of carbonyl (C=O) groups is 2. The number of Topliss-reactive ketones (excluding diaryl/α,β-unsaturated/α-hetero) is 1. The fourth-order valence-corrected chi connectivity index (χ4v) is 3.30. The van der Waals surface area contributed by atoms with Gasteiger partial charge < -0.3 is 4.74 Å². The summed E-state index contributed by atoms with van der Waals surface area (Å²) in [6, 6.07) is 1.07. The van der Waals surface area contributed by atoms with Crippen LogP contribution in [0.1, 0.15) is 49.7 Å². The van der Waals surface area contributed by atoms with E-state index in [1.807, 2.05) is 0 Å². The van der Waals surface area contributed by atoms with Crippen molar-refractivity contribution in [2.75, 3.05) is 13.6 Å². The Labute approximate surface area is 148 Å². The molecule has 0 saturated heterocycles. The number of rotatable bonds is 1. The molecule has 1 aliphatic heterocycles.